The number of halogens is 1. The van der Waals surface area contributed by atoms with Crippen LogP contribution < -0.4 is 9.34 Å². The quantitative estimate of drug-likeness (QED) is 0.364. The minimum absolute atomic E-state index is 0.0731. The van der Waals surface area contributed by atoms with Gasteiger partial charge in [-0.25, -0.2) is 8.42 Å². The summed E-state index contributed by atoms with van der Waals surface area (Å²) in [6.07, 6.45) is 0. The Balaban J connectivity index is 1.71. The number of hydrogen-bond acceptors (Lipinski definition) is 4. The normalized spacial score (nSPS) is 20.6. The Morgan fingerprint density at radius 1 is 0.800 bits per heavy atom. The summed E-state index contributed by atoms with van der Waals surface area (Å²) in [5.41, 5.74) is 3.84. The average Bonchev–Trinajstić information content (AvgIpc) is 3.20. The van der Waals surface area contributed by atoms with Gasteiger partial charge in [-0.05, 0) is 48.4 Å². The number of aryl methyl sites for hydroxylation is 1. The Labute approximate surface area is 216 Å². The Morgan fingerprint density at radius 3 is 1.80 bits per heavy atom. The predicted molar refractivity (Wildman–Crippen MR) is 147 cm³/mol. The molecule has 2 aliphatic rings. The van der Waals surface area contributed by atoms with Crippen molar-refractivity contribution in [3.63, 3.8) is 0 Å². The van der Waals surface area contributed by atoms with E-state index >= 15 is 4.57 Å². The zero-order valence-corrected chi connectivity index (χ0v) is 22.9. The SMILES string of the molecule is Cc1ccc(C(N2CCS(=O)(=O)CC2)P2(=O)N(c3ccccc3)CCN2c2ccccc2)c(Br)c1. The standard InChI is InChI=1S/C26H29BrN3O3PS/c1-21-12-13-24(25(27)20-21)26(28-16-18-35(32,33)19-17-28)34(31)29(22-8-4-2-5-9-22)14-15-30(34)23-10-6-3-7-11-23/h2-13,20,26H,14-19H2,1H3. The third-order valence-corrected chi connectivity index (χ3v) is 12.6. The summed E-state index contributed by atoms with van der Waals surface area (Å²) in [4.78, 5) is 2.12. The first-order valence-electron chi connectivity index (χ1n) is 11.8. The molecule has 0 radical (unpaired) electrons. The Bertz CT molecular complexity index is 1290. The minimum atomic E-state index is -3.35. The molecule has 5 rings (SSSR count). The van der Waals surface area contributed by atoms with Crippen LogP contribution in [0, 0.1) is 6.92 Å². The number of rotatable bonds is 5. The van der Waals surface area contributed by atoms with Crippen LogP contribution in [-0.4, -0.2) is 51.0 Å². The van der Waals surface area contributed by atoms with Gasteiger partial charge in [-0.1, -0.05) is 64.5 Å². The lowest BCUT2D eigenvalue weighted by Crippen LogP contribution is -2.44. The van der Waals surface area contributed by atoms with Crippen LogP contribution in [0.5, 0.6) is 0 Å². The zero-order chi connectivity index (χ0) is 24.6. The lowest BCUT2D eigenvalue weighted by molar-refractivity contribution is 0.267. The van der Waals surface area contributed by atoms with Gasteiger partial charge < -0.3 is 9.34 Å². The smallest absolute Gasteiger partial charge is 0.284 e. The molecule has 2 saturated heterocycles. The molecule has 184 valence electrons. The van der Waals surface area contributed by atoms with E-state index in [2.05, 4.69) is 30.2 Å². The molecule has 6 nitrogen and oxygen atoms in total. The molecule has 2 aliphatic heterocycles. The Morgan fingerprint density at radius 2 is 1.31 bits per heavy atom. The van der Waals surface area contributed by atoms with Crippen LogP contribution in [0.2, 0.25) is 0 Å². The van der Waals surface area contributed by atoms with Crippen LogP contribution >= 0.6 is 23.4 Å². The fraction of sp³-hybridized carbons (Fsp3) is 0.308. The van der Waals surface area contributed by atoms with Crippen molar-refractivity contribution in [3.8, 4) is 0 Å². The highest BCUT2D eigenvalue weighted by Gasteiger charge is 2.53. The van der Waals surface area contributed by atoms with Crippen LogP contribution in [0.25, 0.3) is 0 Å². The lowest BCUT2D eigenvalue weighted by atomic mass is 10.1. The molecule has 1 unspecified atom stereocenters. The van der Waals surface area contributed by atoms with E-state index in [-0.39, 0.29) is 11.5 Å². The Hall–Kier alpha value is -2.12. The minimum Gasteiger partial charge on any atom is -0.304 e. The molecule has 0 spiro atoms. The van der Waals surface area contributed by atoms with Crippen molar-refractivity contribution in [2.45, 2.75) is 12.7 Å². The third kappa shape index (κ3) is 4.69. The van der Waals surface area contributed by atoms with Gasteiger partial charge >= 0.3 is 0 Å². The van der Waals surface area contributed by atoms with Gasteiger partial charge in [0.2, 0.25) is 0 Å². The van der Waals surface area contributed by atoms with E-state index in [1.165, 1.54) is 0 Å². The summed E-state index contributed by atoms with van der Waals surface area (Å²) in [6, 6.07) is 25.9. The van der Waals surface area contributed by atoms with E-state index in [0.29, 0.717) is 26.2 Å². The number of anilines is 2. The van der Waals surface area contributed by atoms with Crippen LogP contribution in [0.1, 0.15) is 16.9 Å². The van der Waals surface area contributed by atoms with E-state index in [1.54, 1.807) is 0 Å². The fourth-order valence-electron chi connectivity index (χ4n) is 5.06. The molecule has 2 fully saturated rings. The maximum Gasteiger partial charge on any atom is 0.284 e. The first kappa shape index (κ1) is 24.6. The second-order valence-electron chi connectivity index (χ2n) is 9.09. The molecule has 3 aromatic carbocycles. The molecule has 0 N–H and O–H groups in total. The van der Waals surface area contributed by atoms with Gasteiger partial charge in [0.1, 0.15) is 5.78 Å². The molecule has 0 saturated carbocycles. The molecular weight excluding hydrogens is 545 g/mol. The molecule has 1 atom stereocenters. The Kier molecular flexibility index (Phi) is 6.83. The highest BCUT2D eigenvalue weighted by Crippen LogP contribution is 2.70. The summed E-state index contributed by atoms with van der Waals surface area (Å²) in [5, 5.41) is 0. The predicted octanol–water partition coefficient (Wildman–Crippen LogP) is 5.71. The maximum absolute atomic E-state index is 15.7. The number of para-hydroxylation sites is 2. The molecule has 9 heteroatoms. The number of nitrogens with zero attached hydrogens (tertiary/aromatic N) is 3. The van der Waals surface area contributed by atoms with Gasteiger partial charge in [-0.2, -0.15) is 0 Å². The highest BCUT2D eigenvalue weighted by molar-refractivity contribution is 9.10. The van der Waals surface area contributed by atoms with Crippen molar-refractivity contribution >= 4 is 44.6 Å². The van der Waals surface area contributed by atoms with Gasteiger partial charge in [0.15, 0.2) is 9.84 Å². The second kappa shape index (κ2) is 9.74. The molecule has 0 bridgehead atoms. The van der Waals surface area contributed by atoms with Crippen molar-refractivity contribution in [2.75, 3.05) is 47.0 Å². The first-order chi connectivity index (χ1) is 16.8. The number of sulfone groups is 1. The van der Waals surface area contributed by atoms with Crippen LogP contribution in [0.15, 0.2) is 83.3 Å². The van der Waals surface area contributed by atoms with Crippen molar-refractivity contribution < 1.29 is 13.0 Å². The van der Waals surface area contributed by atoms with Crippen molar-refractivity contribution in [2.24, 2.45) is 0 Å². The van der Waals surface area contributed by atoms with Crippen molar-refractivity contribution in [1.82, 2.24) is 4.90 Å². The summed E-state index contributed by atoms with van der Waals surface area (Å²) in [5.74, 6) is -0.358. The van der Waals surface area contributed by atoms with E-state index < -0.39 is 23.1 Å². The second-order valence-corrected chi connectivity index (χ2v) is 14.9. The van der Waals surface area contributed by atoms with E-state index in [0.717, 1.165) is 27.0 Å². The third-order valence-electron chi connectivity index (χ3n) is 6.80. The lowest BCUT2D eigenvalue weighted by Gasteiger charge is -2.44. The summed E-state index contributed by atoms with van der Waals surface area (Å²) in [6.45, 7) is 3.96. The van der Waals surface area contributed by atoms with E-state index in [9.17, 15) is 8.42 Å². The van der Waals surface area contributed by atoms with Gasteiger partial charge in [-0.15, -0.1) is 0 Å². The maximum atomic E-state index is 15.7. The summed E-state index contributed by atoms with van der Waals surface area (Å²) in [7, 11) is -6.44. The van der Waals surface area contributed by atoms with Gasteiger partial charge in [0.05, 0.1) is 11.5 Å². The van der Waals surface area contributed by atoms with Crippen LogP contribution in [0.3, 0.4) is 0 Å². The van der Waals surface area contributed by atoms with Crippen molar-refractivity contribution in [1.29, 1.82) is 0 Å². The molecular formula is C26H29BrN3O3PS. The van der Waals surface area contributed by atoms with Gasteiger partial charge in [-0.3, -0.25) is 9.46 Å². The summed E-state index contributed by atoms with van der Waals surface area (Å²) < 4.78 is 45.3. The molecule has 0 aromatic heterocycles. The van der Waals surface area contributed by atoms with Crippen LogP contribution in [0.4, 0.5) is 11.4 Å². The van der Waals surface area contributed by atoms with E-state index in [1.807, 2.05) is 85.8 Å². The van der Waals surface area contributed by atoms with Crippen molar-refractivity contribution in [3.05, 3.63) is 94.5 Å². The summed E-state index contributed by atoms with van der Waals surface area (Å²) >= 11 is 3.76. The van der Waals surface area contributed by atoms with Gasteiger partial charge in [0.25, 0.3) is 7.44 Å². The van der Waals surface area contributed by atoms with Crippen LogP contribution in [-0.2, 0) is 14.4 Å². The number of hydrogen-bond donors (Lipinski definition) is 0. The number of benzene rings is 3. The monoisotopic (exact) mass is 573 g/mol. The largest absolute Gasteiger partial charge is 0.304 e. The topological polar surface area (TPSA) is 60.9 Å². The molecule has 2 heterocycles. The van der Waals surface area contributed by atoms with Gasteiger partial charge in [0, 0.05) is 42.0 Å². The fourth-order valence-corrected chi connectivity index (χ4v) is 10.9. The molecule has 0 amide bonds. The zero-order valence-electron chi connectivity index (χ0n) is 19.6. The highest BCUT2D eigenvalue weighted by atomic mass is 79.9. The average molecular weight is 574 g/mol. The molecule has 0 aliphatic carbocycles. The molecule has 3 aromatic rings. The molecule has 35 heavy (non-hydrogen) atoms. The van der Waals surface area contributed by atoms with E-state index in [4.69, 9.17) is 0 Å². The first-order valence-corrected chi connectivity index (χ1v) is 16.1.